The van der Waals surface area contributed by atoms with Crippen molar-refractivity contribution in [1.82, 2.24) is 20.5 Å². The lowest BCUT2D eigenvalue weighted by Gasteiger charge is -2.40. The number of aromatic nitrogens is 1. The first kappa shape index (κ1) is 29.6. The zero-order valence-electron chi connectivity index (χ0n) is 26.6. The Balaban J connectivity index is 0.939. The van der Waals surface area contributed by atoms with E-state index in [1.807, 2.05) is 38.1 Å². The van der Waals surface area contributed by atoms with Gasteiger partial charge in [0.15, 0.2) is 0 Å². The summed E-state index contributed by atoms with van der Waals surface area (Å²) in [6.45, 7) is 8.90. The van der Waals surface area contributed by atoms with E-state index in [1.54, 1.807) is 6.20 Å². The van der Waals surface area contributed by atoms with Crippen molar-refractivity contribution in [2.45, 2.75) is 70.1 Å². The third kappa shape index (κ3) is 5.98. The van der Waals surface area contributed by atoms with E-state index in [0.717, 1.165) is 81.0 Å². The Morgan fingerprint density at radius 2 is 1.67 bits per heavy atom. The largest absolute Gasteiger partial charge is 0.493 e. The second-order valence-corrected chi connectivity index (χ2v) is 13.2. The normalized spacial score (nSPS) is 23.3. The molecular weight excluding hydrogens is 564 g/mol. The molecule has 236 valence electrons. The molecule has 2 aromatic carbocycles. The van der Waals surface area contributed by atoms with Crippen LogP contribution in [0.4, 0.5) is 11.5 Å². The molecule has 2 N–H and O–H groups in total. The Morgan fingerprint density at radius 1 is 0.933 bits per heavy atom. The fourth-order valence-electron chi connectivity index (χ4n) is 7.66. The van der Waals surface area contributed by atoms with Crippen molar-refractivity contribution in [3.05, 3.63) is 82.5 Å². The lowest BCUT2D eigenvalue weighted by molar-refractivity contribution is 0.0922. The summed E-state index contributed by atoms with van der Waals surface area (Å²) in [6.07, 6.45) is 6.54. The highest BCUT2D eigenvalue weighted by molar-refractivity contribution is 5.97. The number of piperazine rings is 1. The van der Waals surface area contributed by atoms with E-state index < -0.39 is 0 Å². The van der Waals surface area contributed by atoms with Gasteiger partial charge in [0, 0.05) is 73.7 Å². The number of anilines is 2. The molecule has 3 fully saturated rings. The average molecular weight is 609 g/mol. The molecule has 3 aromatic rings. The summed E-state index contributed by atoms with van der Waals surface area (Å²) in [6, 6.07) is 17.0. The molecular formula is C36H44N6O3. The maximum Gasteiger partial charge on any atom is 0.253 e. The number of fused-ring (bicyclic) bond motifs is 3. The van der Waals surface area contributed by atoms with Crippen LogP contribution in [0.5, 0.6) is 5.75 Å². The maximum atomic E-state index is 13.2. The first-order valence-corrected chi connectivity index (χ1v) is 16.5. The quantitative estimate of drug-likeness (QED) is 0.409. The van der Waals surface area contributed by atoms with Gasteiger partial charge >= 0.3 is 0 Å². The zero-order chi connectivity index (χ0) is 31.1. The van der Waals surface area contributed by atoms with Gasteiger partial charge in [0.05, 0.1) is 18.2 Å². The number of hydrogen-bond donors (Lipinski definition) is 2. The van der Waals surface area contributed by atoms with Crippen LogP contribution in [0.15, 0.2) is 54.7 Å². The fourth-order valence-corrected chi connectivity index (χ4v) is 7.66. The van der Waals surface area contributed by atoms with Crippen LogP contribution in [0, 0.1) is 6.92 Å². The minimum atomic E-state index is -0.124. The molecule has 2 amide bonds. The first-order valence-electron chi connectivity index (χ1n) is 16.5. The third-order valence-corrected chi connectivity index (χ3v) is 10.3. The molecule has 4 aliphatic heterocycles. The zero-order valence-corrected chi connectivity index (χ0v) is 26.6. The minimum absolute atomic E-state index is 0.0163. The van der Waals surface area contributed by atoms with Crippen molar-refractivity contribution in [2.75, 3.05) is 49.6 Å². The summed E-state index contributed by atoms with van der Waals surface area (Å²) in [5.41, 5.74) is 5.70. The van der Waals surface area contributed by atoms with Crippen LogP contribution in [0.25, 0.3) is 0 Å². The Bertz CT molecular complexity index is 1540. The number of pyridine rings is 1. The summed E-state index contributed by atoms with van der Waals surface area (Å²) in [5, 5.41) is 6.46. The number of hydrogen-bond acceptors (Lipinski definition) is 7. The molecule has 0 spiro atoms. The SMILES string of the molecule is Cc1c(C(=O)NC2C[C@H]3CC[C@@H](C2)N3c2ccc(C(=O)N[C@@H](C)c3ccc(N4CCN(C)CC4)cc3)cn2)ccc2c1OCC2. The van der Waals surface area contributed by atoms with Crippen LogP contribution < -0.4 is 25.2 Å². The molecule has 0 aliphatic carbocycles. The minimum Gasteiger partial charge on any atom is -0.493 e. The van der Waals surface area contributed by atoms with Gasteiger partial charge in [0.25, 0.3) is 11.8 Å². The number of benzene rings is 2. The number of nitrogens with zero attached hydrogens (tertiary/aromatic N) is 4. The summed E-state index contributed by atoms with van der Waals surface area (Å²) < 4.78 is 5.78. The number of ether oxygens (including phenoxy) is 1. The molecule has 4 aliphatic rings. The molecule has 7 rings (SSSR count). The van der Waals surface area contributed by atoms with E-state index in [0.29, 0.717) is 29.8 Å². The van der Waals surface area contributed by atoms with Gasteiger partial charge in [-0.3, -0.25) is 9.59 Å². The summed E-state index contributed by atoms with van der Waals surface area (Å²) in [7, 11) is 2.16. The number of carbonyl (C=O) groups excluding carboxylic acids is 2. The Morgan fingerprint density at radius 3 is 2.36 bits per heavy atom. The Labute approximate surface area is 265 Å². The molecule has 0 radical (unpaired) electrons. The Kier molecular flexibility index (Phi) is 8.12. The number of nitrogens with one attached hydrogen (secondary N) is 2. The molecule has 1 unspecified atom stereocenters. The van der Waals surface area contributed by atoms with Gasteiger partial charge < -0.3 is 30.1 Å². The number of likely N-dealkylation sites (N-methyl/N-ethyl adjacent to an activating group) is 1. The number of piperidine rings is 1. The van der Waals surface area contributed by atoms with E-state index in [4.69, 9.17) is 9.72 Å². The monoisotopic (exact) mass is 608 g/mol. The predicted molar refractivity (Wildman–Crippen MR) is 176 cm³/mol. The summed E-state index contributed by atoms with van der Waals surface area (Å²) >= 11 is 0. The third-order valence-electron chi connectivity index (χ3n) is 10.3. The number of amides is 2. The van der Waals surface area contributed by atoms with Crippen LogP contribution in [-0.4, -0.2) is 79.7 Å². The van der Waals surface area contributed by atoms with Crippen molar-refractivity contribution in [1.29, 1.82) is 0 Å². The van der Waals surface area contributed by atoms with Gasteiger partial charge in [0.1, 0.15) is 11.6 Å². The van der Waals surface area contributed by atoms with Crippen LogP contribution in [0.3, 0.4) is 0 Å². The molecule has 0 saturated carbocycles. The second kappa shape index (κ2) is 12.4. The molecule has 9 heteroatoms. The van der Waals surface area contributed by atoms with Crippen LogP contribution >= 0.6 is 0 Å². The van der Waals surface area contributed by atoms with E-state index in [2.05, 4.69) is 56.6 Å². The maximum absolute atomic E-state index is 13.2. The van der Waals surface area contributed by atoms with Crippen molar-refractivity contribution >= 4 is 23.3 Å². The van der Waals surface area contributed by atoms with Gasteiger partial charge in [-0.2, -0.15) is 0 Å². The van der Waals surface area contributed by atoms with Gasteiger partial charge in [-0.25, -0.2) is 4.98 Å². The van der Waals surface area contributed by atoms with E-state index in [1.165, 1.54) is 11.3 Å². The molecule has 4 atom stereocenters. The molecule has 9 nitrogen and oxygen atoms in total. The highest BCUT2D eigenvalue weighted by atomic mass is 16.5. The lowest BCUT2D eigenvalue weighted by atomic mass is 9.96. The summed E-state index contributed by atoms with van der Waals surface area (Å²) in [5.74, 6) is 1.65. The molecule has 45 heavy (non-hydrogen) atoms. The highest BCUT2D eigenvalue weighted by Gasteiger charge is 2.42. The number of carbonyl (C=O) groups is 2. The van der Waals surface area contributed by atoms with Crippen molar-refractivity contribution < 1.29 is 14.3 Å². The van der Waals surface area contributed by atoms with Gasteiger partial charge in [-0.15, -0.1) is 0 Å². The smallest absolute Gasteiger partial charge is 0.253 e. The molecule has 2 bridgehead atoms. The van der Waals surface area contributed by atoms with E-state index in [9.17, 15) is 9.59 Å². The lowest BCUT2D eigenvalue weighted by Crippen LogP contribution is -2.50. The van der Waals surface area contributed by atoms with Crippen LogP contribution in [0.2, 0.25) is 0 Å². The molecule has 3 saturated heterocycles. The van der Waals surface area contributed by atoms with Gasteiger partial charge in [-0.1, -0.05) is 18.2 Å². The fraction of sp³-hybridized carbons (Fsp3) is 0.472. The van der Waals surface area contributed by atoms with Crippen molar-refractivity contribution in [3.63, 3.8) is 0 Å². The van der Waals surface area contributed by atoms with Crippen LogP contribution in [-0.2, 0) is 6.42 Å². The predicted octanol–water partition coefficient (Wildman–Crippen LogP) is 4.50. The van der Waals surface area contributed by atoms with Gasteiger partial charge in [-0.05, 0) is 88.0 Å². The molecule has 5 heterocycles. The standard InChI is InChI=1S/C36H44N6O3/c1-23-32(12-6-26-14-19-45-34(23)26)36(44)39-28-20-30-10-11-31(21-28)42(30)33-13-7-27(22-37-33)35(43)38-24(2)25-4-8-29(9-5-25)41-17-15-40(3)16-18-41/h4-9,12-13,22,24,28,30-31H,10-11,14-21H2,1-3H3,(H,38,43)(H,39,44)/t24-,28?,30-,31+/m0/s1. The van der Waals surface area contributed by atoms with Crippen LogP contribution in [0.1, 0.15) is 76.1 Å². The van der Waals surface area contributed by atoms with E-state index >= 15 is 0 Å². The van der Waals surface area contributed by atoms with Crippen molar-refractivity contribution in [2.24, 2.45) is 0 Å². The average Bonchev–Trinajstić information content (AvgIpc) is 3.64. The highest BCUT2D eigenvalue weighted by Crippen LogP contribution is 2.39. The number of rotatable bonds is 7. The summed E-state index contributed by atoms with van der Waals surface area (Å²) in [4.78, 5) is 38.3. The topological polar surface area (TPSA) is 90.0 Å². The van der Waals surface area contributed by atoms with E-state index in [-0.39, 0.29) is 23.9 Å². The Hall–Kier alpha value is -4.11. The molecule has 1 aromatic heterocycles. The van der Waals surface area contributed by atoms with Gasteiger partial charge in [0.2, 0.25) is 0 Å². The second-order valence-electron chi connectivity index (χ2n) is 13.2. The van der Waals surface area contributed by atoms with Crippen molar-refractivity contribution in [3.8, 4) is 5.75 Å². The first-order chi connectivity index (χ1) is 21.8.